The second-order valence-electron chi connectivity index (χ2n) is 6.25. The monoisotopic (exact) mass is 315 g/mol. The zero-order chi connectivity index (χ0) is 15.7. The minimum absolute atomic E-state index is 0.0405. The van der Waals surface area contributed by atoms with E-state index in [4.69, 9.17) is 0 Å². The Morgan fingerprint density at radius 1 is 1.18 bits per heavy atom. The minimum Gasteiger partial charge on any atom is -0.391 e. The molecule has 0 radical (unpaired) electrons. The third-order valence-electron chi connectivity index (χ3n) is 4.71. The van der Waals surface area contributed by atoms with E-state index in [9.17, 15) is 18.3 Å². The van der Waals surface area contributed by atoms with Gasteiger partial charge in [-0.25, -0.2) is 9.97 Å². The molecule has 1 N–H and O–H groups in total. The molecule has 0 spiro atoms. The smallest absolute Gasteiger partial charge is 0.391 e. The molecule has 0 aromatic carbocycles. The normalized spacial score (nSPS) is 27.4. The van der Waals surface area contributed by atoms with E-state index in [0.717, 1.165) is 37.9 Å². The van der Waals surface area contributed by atoms with Crippen molar-refractivity contribution < 1.29 is 18.3 Å². The minimum atomic E-state index is -4.48. The van der Waals surface area contributed by atoms with E-state index in [1.54, 1.807) is 4.90 Å². The van der Waals surface area contributed by atoms with Gasteiger partial charge < -0.3 is 10.0 Å². The third-order valence-corrected chi connectivity index (χ3v) is 4.71. The number of hydrogen-bond donors (Lipinski definition) is 1. The molecular weight excluding hydrogens is 295 g/mol. The van der Waals surface area contributed by atoms with Crippen molar-refractivity contribution in [3.05, 3.63) is 18.0 Å². The van der Waals surface area contributed by atoms with Crippen molar-refractivity contribution in [3.63, 3.8) is 0 Å². The summed E-state index contributed by atoms with van der Waals surface area (Å²) in [5.74, 6) is 0.492. The molecule has 0 amide bonds. The Morgan fingerprint density at radius 2 is 1.91 bits per heavy atom. The van der Waals surface area contributed by atoms with E-state index in [2.05, 4.69) is 9.97 Å². The number of aliphatic hydroxyl groups excluding tert-OH is 1. The zero-order valence-electron chi connectivity index (χ0n) is 12.3. The summed E-state index contributed by atoms with van der Waals surface area (Å²) in [7, 11) is 0. The Morgan fingerprint density at radius 3 is 2.59 bits per heavy atom. The Kier molecular flexibility index (Phi) is 4.25. The number of aromatic nitrogens is 2. The Labute approximate surface area is 127 Å². The molecule has 0 unspecified atom stereocenters. The molecule has 22 heavy (non-hydrogen) atoms. The van der Waals surface area contributed by atoms with Crippen molar-refractivity contribution in [2.24, 2.45) is 5.92 Å². The molecule has 2 heterocycles. The summed E-state index contributed by atoms with van der Waals surface area (Å²) >= 11 is 0. The first kappa shape index (κ1) is 15.5. The van der Waals surface area contributed by atoms with Gasteiger partial charge >= 0.3 is 6.18 Å². The molecule has 1 aromatic rings. The Balaban J connectivity index is 1.85. The molecule has 7 heteroatoms. The molecule has 3 rings (SSSR count). The highest BCUT2D eigenvalue weighted by atomic mass is 19.4. The first-order valence-corrected chi connectivity index (χ1v) is 7.80. The summed E-state index contributed by atoms with van der Waals surface area (Å²) in [6.07, 6.45) is 2.37. The molecule has 1 saturated carbocycles. The molecule has 1 aromatic heterocycles. The lowest BCUT2D eigenvalue weighted by atomic mass is 9.83. The van der Waals surface area contributed by atoms with Crippen LogP contribution in [0.15, 0.2) is 12.3 Å². The number of β-amino-alcohol motifs (C(OH)–C–C–N with tert-alkyl or cyclic N) is 1. The second kappa shape index (κ2) is 6.02. The third kappa shape index (κ3) is 3.19. The van der Waals surface area contributed by atoms with Crippen LogP contribution in [-0.2, 0) is 6.18 Å². The summed E-state index contributed by atoms with van der Waals surface area (Å²) in [4.78, 5) is 9.48. The zero-order valence-corrected chi connectivity index (χ0v) is 12.3. The van der Waals surface area contributed by atoms with Crippen LogP contribution in [0.3, 0.4) is 0 Å². The lowest BCUT2D eigenvalue weighted by Crippen LogP contribution is -2.38. The van der Waals surface area contributed by atoms with Crippen LogP contribution in [0.5, 0.6) is 0 Å². The van der Waals surface area contributed by atoms with Gasteiger partial charge in [0.15, 0.2) is 0 Å². The fourth-order valence-corrected chi connectivity index (χ4v) is 3.68. The van der Waals surface area contributed by atoms with Crippen molar-refractivity contribution in [3.8, 4) is 0 Å². The molecule has 2 atom stereocenters. The maximum atomic E-state index is 12.8. The number of rotatable bonds is 2. The SMILES string of the molecule is O[C@@H]1C[C@@H](C2CCCCC2)N(c2nccc(C(F)(F)F)n2)C1. The Hall–Kier alpha value is -1.37. The van der Waals surface area contributed by atoms with Gasteiger partial charge in [-0.15, -0.1) is 0 Å². The van der Waals surface area contributed by atoms with Crippen LogP contribution in [0.4, 0.5) is 19.1 Å². The van der Waals surface area contributed by atoms with E-state index in [1.165, 1.54) is 6.42 Å². The summed E-state index contributed by atoms with van der Waals surface area (Å²) in [6.45, 7) is 0.308. The summed E-state index contributed by atoms with van der Waals surface area (Å²) in [5, 5.41) is 9.97. The van der Waals surface area contributed by atoms with Crippen molar-refractivity contribution in [2.45, 2.75) is 56.8 Å². The number of aliphatic hydroxyl groups is 1. The van der Waals surface area contributed by atoms with Crippen LogP contribution in [0.25, 0.3) is 0 Å². The Bertz CT molecular complexity index is 517. The molecule has 1 saturated heterocycles. The highest BCUT2D eigenvalue weighted by Crippen LogP contribution is 2.36. The van der Waals surface area contributed by atoms with E-state index < -0.39 is 18.0 Å². The van der Waals surface area contributed by atoms with Gasteiger partial charge in [0, 0.05) is 18.8 Å². The average Bonchev–Trinajstić information content (AvgIpc) is 2.89. The van der Waals surface area contributed by atoms with Crippen molar-refractivity contribution in [2.75, 3.05) is 11.4 Å². The maximum Gasteiger partial charge on any atom is 0.433 e. The fraction of sp³-hybridized carbons (Fsp3) is 0.733. The van der Waals surface area contributed by atoms with E-state index >= 15 is 0 Å². The molecular formula is C15H20F3N3O. The van der Waals surface area contributed by atoms with Gasteiger partial charge in [-0.1, -0.05) is 19.3 Å². The number of nitrogens with zero attached hydrogens (tertiary/aromatic N) is 3. The summed E-state index contributed by atoms with van der Waals surface area (Å²) in [5.41, 5.74) is -0.929. The van der Waals surface area contributed by atoms with Gasteiger partial charge in [-0.05, 0) is 31.2 Å². The lowest BCUT2D eigenvalue weighted by molar-refractivity contribution is -0.141. The van der Waals surface area contributed by atoms with Crippen LogP contribution >= 0.6 is 0 Å². The molecule has 122 valence electrons. The van der Waals surface area contributed by atoms with Crippen LogP contribution in [-0.4, -0.2) is 33.8 Å². The standard InChI is InChI=1S/C15H20F3N3O/c16-15(17,18)13-6-7-19-14(20-13)21-9-11(22)8-12(21)10-4-2-1-3-5-10/h6-7,10-12,22H,1-5,8-9H2/t11-,12+/m1/s1. The second-order valence-corrected chi connectivity index (χ2v) is 6.25. The topological polar surface area (TPSA) is 49.2 Å². The van der Waals surface area contributed by atoms with Gasteiger partial charge in [0.25, 0.3) is 0 Å². The maximum absolute atomic E-state index is 12.8. The number of alkyl halides is 3. The molecule has 2 fully saturated rings. The van der Waals surface area contributed by atoms with Gasteiger partial charge in [-0.2, -0.15) is 13.2 Å². The number of hydrogen-bond acceptors (Lipinski definition) is 4. The molecule has 0 bridgehead atoms. The molecule has 1 aliphatic heterocycles. The van der Waals surface area contributed by atoms with Gasteiger partial charge in [-0.3, -0.25) is 0 Å². The number of anilines is 1. The quantitative estimate of drug-likeness (QED) is 0.911. The summed E-state index contributed by atoms with van der Waals surface area (Å²) in [6, 6.07) is 0.921. The highest BCUT2D eigenvalue weighted by Gasteiger charge is 2.39. The van der Waals surface area contributed by atoms with Crippen LogP contribution in [0.2, 0.25) is 0 Å². The lowest BCUT2D eigenvalue weighted by Gasteiger charge is -2.33. The largest absolute Gasteiger partial charge is 0.433 e. The summed E-state index contributed by atoms with van der Waals surface area (Å²) < 4.78 is 38.5. The molecule has 4 nitrogen and oxygen atoms in total. The molecule has 2 aliphatic rings. The van der Waals surface area contributed by atoms with E-state index in [0.29, 0.717) is 18.9 Å². The predicted octanol–water partition coefficient (Wildman–Crippen LogP) is 3.02. The highest BCUT2D eigenvalue weighted by molar-refractivity contribution is 5.36. The fourth-order valence-electron chi connectivity index (χ4n) is 3.68. The first-order valence-electron chi connectivity index (χ1n) is 7.80. The molecule has 1 aliphatic carbocycles. The average molecular weight is 315 g/mol. The predicted molar refractivity (Wildman–Crippen MR) is 75.4 cm³/mol. The first-order chi connectivity index (χ1) is 10.4. The van der Waals surface area contributed by atoms with Gasteiger partial charge in [0.2, 0.25) is 5.95 Å². The van der Waals surface area contributed by atoms with E-state index in [1.807, 2.05) is 0 Å². The number of halogens is 3. The van der Waals surface area contributed by atoms with Crippen molar-refractivity contribution >= 4 is 5.95 Å². The van der Waals surface area contributed by atoms with Crippen molar-refractivity contribution in [1.29, 1.82) is 0 Å². The van der Waals surface area contributed by atoms with Crippen LogP contribution in [0.1, 0.15) is 44.2 Å². The van der Waals surface area contributed by atoms with Gasteiger partial charge in [0.1, 0.15) is 5.69 Å². The van der Waals surface area contributed by atoms with Crippen molar-refractivity contribution in [1.82, 2.24) is 9.97 Å². The van der Waals surface area contributed by atoms with Crippen LogP contribution in [0, 0.1) is 5.92 Å². The van der Waals surface area contributed by atoms with Crippen LogP contribution < -0.4 is 4.90 Å². The van der Waals surface area contributed by atoms with E-state index in [-0.39, 0.29) is 12.0 Å². The van der Waals surface area contributed by atoms with Gasteiger partial charge in [0.05, 0.1) is 6.10 Å².